The third-order valence-electron chi connectivity index (χ3n) is 7.07. The number of ether oxygens (including phenoxy) is 1. The van der Waals surface area contributed by atoms with Gasteiger partial charge in [0.15, 0.2) is 0 Å². The minimum atomic E-state index is -0.314. The van der Waals surface area contributed by atoms with Crippen molar-refractivity contribution in [2.75, 3.05) is 32.1 Å². The Labute approximate surface area is 193 Å². The maximum atomic E-state index is 12.9. The summed E-state index contributed by atoms with van der Waals surface area (Å²) in [4.78, 5) is 29.1. The Kier molecular flexibility index (Phi) is 5.81. The number of piperazine rings is 1. The number of carbonyl (C=O) groups is 2. The molecule has 0 saturated carbocycles. The molecule has 3 atom stereocenters. The van der Waals surface area contributed by atoms with Gasteiger partial charge in [0.2, 0.25) is 5.91 Å². The molecule has 0 radical (unpaired) electrons. The lowest BCUT2D eigenvalue weighted by Crippen LogP contribution is -2.73. The van der Waals surface area contributed by atoms with Gasteiger partial charge in [-0.3, -0.25) is 4.79 Å². The molecular weight excluding hydrogens is 418 g/mol. The van der Waals surface area contributed by atoms with Crippen LogP contribution in [0.15, 0.2) is 54.6 Å². The van der Waals surface area contributed by atoms with E-state index in [2.05, 4.69) is 35.7 Å². The smallest absolute Gasteiger partial charge is 0.322 e. The van der Waals surface area contributed by atoms with Crippen LogP contribution < -0.4 is 10.1 Å². The van der Waals surface area contributed by atoms with Crippen LogP contribution in [0.25, 0.3) is 5.57 Å². The highest BCUT2D eigenvalue weighted by molar-refractivity contribution is 5.94. The van der Waals surface area contributed by atoms with Crippen LogP contribution in [0.3, 0.4) is 0 Å². The van der Waals surface area contributed by atoms with E-state index in [0.29, 0.717) is 18.0 Å². The van der Waals surface area contributed by atoms with Crippen molar-refractivity contribution < 1.29 is 19.4 Å². The third-order valence-corrected chi connectivity index (χ3v) is 7.07. The lowest BCUT2D eigenvalue weighted by molar-refractivity contribution is -0.159. The van der Waals surface area contributed by atoms with Crippen LogP contribution >= 0.6 is 0 Å². The monoisotopic (exact) mass is 447 g/mol. The Hall–Kier alpha value is -3.32. The molecule has 5 rings (SSSR count). The molecule has 0 spiro atoms. The predicted octanol–water partition coefficient (Wildman–Crippen LogP) is 3.47. The number of methoxy groups -OCH3 is 1. The molecule has 0 aromatic heterocycles. The second-order valence-corrected chi connectivity index (χ2v) is 8.93. The van der Waals surface area contributed by atoms with E-state index in [1.807, 2.05) is 0 Å². The number of anilines is 1. The van der Waals surface area contributed by atoms with Crippen LogP contribution in [0.1, 0.15) is 36.3 Å². The van der Waals surface area contributed by atoms with Crippen LogP contribution in [0.5, 0.6) is 5.75 Å². The minimum Gasteiger partial charge on any atom is -0.497 e. The van der Waals surface area contributed by atoms with Crippen LogP contribution in [-0.4, -0.2) is 65.7 Å². The number of rotatable bonds is 5. The Balaban J connectivity index is 1.32. The summed E-state index contributed by atoms with van der Waals surface area (Å²) >= 11 is 0. The lowest BCUT2D eigenvalue weighted by atomic mass is 9.73. The minimum absolute atomic E-state index is 0.00187. The molecule has 2 aliphatic heterocycles. The average Bonchev–Trinajstić information content (AvgIpc) is 3.36. The third kappa shape index (κ3) is 3.97. The van der Waals surface area contributed by atoms with E-state index < -0.39 is 0 Å². The van der Waals surface area contributed by atoms with Gasteiger partial charge >= 0.3 is 6.03 Å². The number of nitrogens with one attached hydrogen (secondary N) is 1. The topological polar surface area (TPSA) is 82.1 Å². The van der Waals surface area contributed by atoms with E-state index in [1.54, 1.807) is 41.2 Å². The highest BCUT2D eigenvalue weighted by atomic mass is 16.5. The summed E-state index contributed by atoms with van der Waals surface area (Å²) in [5.74, 6) is 0.517. The molecule has 2 aromatic rings. The molecule has 2 saturated heterocycles. The molecule has 7 nitrogen and oxygen atoms in total. The fraction of sp³-hybridized carbons (Fsp3) is 0.385. The molecule has 3 aliphatic rings. The number of fused-ring (bicyclic) bond motifs is 1. The van der Waals surface area contributed by atoms with Crippen molar-refractivity contribution in [1.82, 2.24) is 9.80 Å². The summed E-state index contributed by atoms with van der Waals surface area (Å²) < 4.78 is 5.21. The molecule has 0 unspecified atom stereocenters. The van der Waals surface area contributed by atoms with Gasteiger partial charge in [-0.15, -0.1) is 0 Å². The first-order valence-electron chi connectivity index (χ1n) is 11.5. The number of benzene rings is 2. The van der Waals surface area contributed by atoms with Gasteiger partial charge in [-0.2, -0.15) is 0 Å². The summed E-state index contributed by atoms with van der Waals surface area (Å²) in [6.07, 6.45) is 5.76. The van der Waals surface area contributed by atoms with Crippen LogP contribution in [-0.2, 0) is 4.79 Å². The van der Waals surface area contributed by atoms with Gasteiger partial charge in [0, 0.05) is 24.2 Å². The number of hydrogen-bond donors (Lipinski definition) is 2. The Bertz CT molecular complexity index is 1080. The first kappa shape index (κ1) is 21.5. The standard InChI is InChI=1S/C26H29N3O4/c1-33-21-8-4-7-20(13-21)27-26(32)28-14-22-25(23(16-30)29(22)24(31)15-28)19-11-9-18(10-12-19)17-5-2-3-6-17/h4-5,7-13,22-23,25,30H,2-3,6,14-16H2,1H3,(H,27,32)/t22-,23-,25-/m0/s1. The lowest BCUT2D eigenvalue weighted by Gasteiger charge is -2.58. The first-order valence-corrected chi connectivity index (χ1v) is 11.5. The van der Waals surface area contributed by atoms with Gasteiger partial charge in [0.1, 0.15) is 12.3 Å². The number of aliphatic hydroxyl groups excluding tert-OH is 1. The van der Waals surface area contributed by atoms with Crippen molar-refractivity contribution >= 4 is 23.2 Å². The van der Waals surface area contributed by atoms with Crippen LogP contribution in [0.2, 0.25) is 0 Å². The highest BCUT2D eigenvalue weighted by Crippen LogP contribution is 2.43. The average molecular weight is 448 g/mol. The second kappa shape index (κ2) is 8.90. The summed E-state index contributed by atoms with van der Waals surface area (Å²) in [6, 6.07) is 14.9. The first-order chi connectivity index (χ1) is 16.1. The van der Waals surface area contributed by atoms with Crippen molar-refractivity contribution in [3.63, 3.8) is 0 Å². The van der Waals surface area contributed by atoms with Crippen molar-refractivity contribution in [2.45, 2.75) is 37.3 Å². The number of nitrogens with zero attached hydrogens (tertiary/aromatic N) is 2. The number of urea groups is 1. The molecule has 2 heterocycles. The largest absolute Gasteiger partial charge is 0.497 e. The molecule has 0 bridgehead atoms. The fourth-order valence-electron chi connectivity index (χ4n) is 5.41. The maximum Gasteiger partial charge on any atom is 0.322 e. The van der Waals surface area contributed by atoms with Gasteiger partial charge in [0.25, 0.3) is 0 Å². The molecule has 3 amide bonds. The molecule has 2 fully saturated rings. The molecule has 1 aliphatic carbocycles. The summed E-state index contributed by atoms with van der Waals surface area (Å²) in [7, 11) is 1.57. The molecule has 2 aromatic carbocycles. The maximum absolute atomic E-state index is 12.9. The summed E-state index contributed by atoms with van der Waals surface area (Å²) in [5, 5.41) is 12.9. The SMILES string of the molecule is COc1cccc(NC(=O)N2CC(=O)N3[C@@H](CO)[C@@H](c4ccc(C5=CCCC5)cc4)[C@@H]3C2)c1. The van der Waals surface area contributed by atoms with Crippen molar-refractivity contribution in [3.8, 4) is 5.75 Å². The fourth-order valence-corrected chi connectivity index (χ4v) is 5.41. The van der Waals surface area contributed by atoms with E-state index in [0.717, 1.165) is 18.4 Å². The van der Waals surface area contributed by atoms with Gasteiger partial charge in [0.05, 0.1) is 25.8 Å². The van der Waals surface area contributed by atoms with E-state index >= 15 is 0 Å². The Morgan fingerprint density at radius 1 is 1.21 bits per heavy atom. The number of carbonyl (C=O) groups excluding carboxylic acids is 2. The quantitative estimate of drug-likeness (QED) is 0.736. The molecule has 33 heavy (non-hydrogen) atoms. The highest BCUT2D eigenvalue weighted by Gasteiger charge is 2.54. The molecule has 2 N–H and O–H groups in total. The normalized spacial score (nSPS) is 24.1. The predicted molar refractivity (Wildman–Crippen MR) is 126 cm³/mol. The van der Waals surface area contributed by atoms with Crippen molar-refractivity contribution in [3.05, 3.63) is 65.7 Å². The number of hydrogen-bond acceptors (Lipinski definition) is 4. The number of allylic oxidation sites excluding steroid dienone is 2. The van der Waals surface area contributed by atoms with Gasteiger partial charge in [-0.1, -0.05) is 36.4 Å². The zero-order valence-electron chi connectivity index (χ0n) is 18.7. The van der Waals surface area contributed by atoms with Crippen LogP contribution in [0, 0.1) is 0 Å². The zero-order valence-corrected chi connectivity index (χ0v) is 18.7. The van der Waals surface area contributed by atoms with Gasteiger partial charge < -0.3 is 25.0 Å². The Morgan fingerprint density at radius 2 is 2.03 bits per heavy atom. The zero-order chi connectivity index (χ0) is 22.9. The van der Waals surface area contributed by atoms with E-state index in [4.69, 9.17) is 4.74 Å². The number of amides is 3. The van der Waals surface area contributed by atoms with Crippen molar-refractivity contribution in [2.24, 2.45) is 0 Å². The van der Waals surface area contributed by atoms with E-state index in [9.17, 15) is 14.7 Å². The van der Waals surface area contributed by atoms with E-state index in [1.165, 1.54) is 17.6 Å². The summed E-state index contributed by atoms with van der Waals surface area (Å²) in [6.45, 7) is 0.341. The van der Waals surface area contributed by atoms with Crippen LogP contribution in [0.4, 0.5) is 10.5 Å². The molecular formula is C26H29N3O4. The molecule has 7 heteroatoms. The van der Waals surface area contributed by atoms with Crippen molar-refractivity contribution in [1.29, 1.82) is 0 Å². The Morgan fingerprint density at radius 3 is 2.73 bits per heavy atom. The van der Waals surface area contributed by atoms with Gasteiger partial charge in [-0.25, -0.2) is 4.79 Å². The molecule has 172 valence electrons. The second-order valence-electron chi connectivity index (χ2n) is 8.93. The van der Waals surface area contributed by atoms with Gasteiger partial charge in [-0.05, 0) is 48.1 Å². The number of aliphatic hydroxyl groups is 1. The van der Waals surface area contributed by atoms with E-state index in [-0.39, 0.29) is 43.1 Å². The summed E-state index contributed by atoms with van der Waals surface area (Å²) in [5.41, 5.74) is 4.35.